The SMILES string of the molecule is CCc1ccc2c(ccc(-c3ccc(C)cc3C)[n+]2C)c1. The number of fused-ring (bicyclic) bond motifs is 1. The monoisotopic (exact) mass is 276 g/mol. The summed E-state index contributed by atoms with van der Waals surface area (Å²) in [5.74, 6) is 0. The Labute approximate surface area is 126 Å². The quantitative estimate of drug-likeness (QED) is 0.606. The van der Waals surface area contributed by atoms with Crippen LogP contribution in [0.1, 0.15) is 23.6 Å². The lowest BCUT2D eigenvalue weighted by molar-refractivity contribution is -0.633. The van der Waals surface area contributed by atoms with E-state index in [1.807, 2.05) is 0 Å². The van der Waals surface area contributed by atoms with E-state index in [4.69, 9.17) is 0 Å². The van der Waals surface area contributed by atoms with E-state index in [-0.39, 0.29) is 0 Å². The molecule has 3 rings (SSSR count). The Bertz CT molecular complexity index is 815. The molecule has 0 aliphatic heterocycles. The van der Waals surface area contributed by atoms with Crippen LogP contribution in [0.15, 0.2) is 48.5 Å². The summed E-state index contributed by atoms with van der Waals surface area (Å²) in [6.07, 6.45) is 1.08. The van der Waals surface area contributed by atoms with Crippen molar-refractivity contribution in [1.29, 1.82) is 0 Å². The van der Waals surface area contributed by atoms with Gasteiger partial charge in [-0.2, -0.15) is 4.57 Å². The predicted octanol–water partition coefficient (Wildman–Crippen LogP) is 4.51. The van der Waals surface area contributed by atoms with Gasteiger partial charge in [0, 0.05) is 23.1 Å². The van der Waals surface area contributed by atoms with Gasteiger partial charge in [-0.15, -0.1) is 0 Å². The minimum Gasteiger partial charge on any atom is -0.194 e. The van der Waals surface area contributed by atoms with Gasteiger partial charge in [0.05, 0.1) is 0 Å². The number of hydrogen-bond acceptors (Lipinski definition) is 0. The van der Waals surface area contributed by atoms with E-state index >= 15 is 0 Å². The summed E-state index contributed by atoms with van der Waals surface area (Å²) in [6, 6.07) is 17.9. The fourth-order valence-electron chi connectivity index (χ4n) is 3.04. The number of benzene rings is 2. The zero-order chi connectivity index (χ0) is 15.0. The van der Waals surface area contributed by atoms with E-state index in [0.29, 0.717) is 0 Å². The predicted molar refractivity (Wildman–Crippen MR) is 89.4 cm³/mol. The molecular formula is C20H22N+. The van der Waals surface area contributed by atoms with Crippen LogP contribution in [0.2, 0.25) is 0 Å². The molecule has 0 aliphatic carbocycles. The molecular weight excluding hydrogens is 254 g/mol. The molecule has 0 radical (unpaired) electrons. The van der Waals surface area contributed by atoms with Crippen LogP contribution in [-0.2, 0) is 13.5 Å². The molecule has 0 bridgehead atoms. The standard InChI is InChI=1S/C20H22N/c1-5-16-7-10-19-17(13-16)8-11-20(21(19)4)18-9-6-14(2)12-15(18)3/h6-13H,5H2,1-4H3/q+1. The van der Waals surface area contributed by atoms with Crippen LogP contribution in [0.25, 0.3) is 22.2 Å². The van der Waals surface area contributed by atoms with E-state index in [1.54, 1.807) is 0 Å². The Morgan fingerprint density at radius 2 is 1.71 bits per heavy atom. The molecule has 1 heteroatoms. The maximum atomic E-state index is 2.30. The Morgan fingerprint density at radius 3 is 2.43 bits per heavy atom. The summed E-state index contributed by atoms with van der Waals surface area (Å²) >= 11 is 0. The van der Waals surface area contributed by atoms with Gasteiger partial charge in [0.15, 0.2) is 0 Å². The van der Waals surface area contributed by atoms with E-state index in [1.165, 1.54) is 38.9 Å². The van der Waals surface area contributed by atoms with Gasteiger partial charge in [0.25, 0.3) is 0 Å². The van der Waals surface area contributed by atoms with Gasteiger partial charge in [0.2, 0.25) is 11.2 Å². The number of rotatable bonds is 2. The van der Waals surface area contributed by atoms with E-state index in [9.17, 15) is 0 Å². The molecule has 1 aromatic heterocycles. The molecule has 0 spiro atoms. The van der Waals surface area contributed by atoms with Crippen molar-refractivity contribution in [2.45, 2.75) is 27.2 Å². The van der Waals surface area contributed by atoms with Crippen molar-refractivity contribution >= 4 is 10.9 Å². The molecule has 21 heavy (non-hydrogen) atoms. The van der Waals surface area contributed by atoms with Crippen LogP contribution in [0, 0.1) is 13.8 Å². The van der Waals surface area contributed by atoms with Crippen LogP contribution in [-0.4, -0.2) is 0 Å². The number of hydrogen-bond donors (Lipinski definition) is 0. The van der Waals surface area contributed by atoms with Crippen molar-refractivity contribution in [3.05, 3.63) is 65.2 Å². The highest BCUT2D eigenvalue weighted by molar-refractivity contribution is 5.78. The lowest BCUT2D eigenvalue weighted by atomic mass is 10.0. The summed E-state index contributed by atoms with van der Waals surface area (Å²) in [5, 5.41) is 1.31. The summed E-state index contributed by atoms with van der Waals surface area (Å²) in [7, 11) is 2.16. The fraction of sp³-hybridized carbons (Fsp3) is 0.250. The summed E-state index contributed by atoms with van der Waals surface area (Å²) in [5.41, 5.74) is 7.89. The largest absolute Gasteiger partial charge is 0.213 e. The molecule has 106 valence electrons. The van der Waals surface area contributed by atoms with Gasteiger partial charge in [0.1, 0.15) is 7.05 Å². The molecule has 0 saturated carbocycles. The van der Waals surface area contributed by atoms with Crippen LogP contribution >= 0.6 is 0 Å². The Hall–Kier alpha value is -2.15. The highest BCUT2D eigenvalue weighted by Gasteiger charge is 2.15. The number of aryl methyl sites for hydroxylation is 4. The van der Waals surface area contributed by atoms with Gasteiger partial charge in [-0.1, -0.05) is 30.7 Å². The highest BCUT2D eigenvalue weighted by Crippen LogP contribution is 2.24. The summed E-state index contributed by atoms with van der Waals surface area (Å²) in [6.45, 7) is 6.53. The molecule has 0 fully saturated rings. The molecule has 0 aliphatic rings. The Balaban J connectivity index is 2.22. The lowest BCUT2D eigenvalue weighted by Crippen LogP contribution is -2.32. The normalized spacial score (nSPS) is 11.0. The van der Waals surface area contributed by atoms with Crippen molar-refractivity contribution in [3.8, 4) is 11.3 Å². The summed E-state index contributed by atoms with van der Waals surface area (Å²) in [4.78, 5) is 0. The average molecular weight is 276 g/mol. The third-order valence-electron chi connectivity index (χ3n) is 4.30. The molecule has 0 unspecified atom stereocenters. The zero-order valence-corrected chi connectivity index (χ0v) is 13.3. The Morgan fingerprint density at radius 1 is 0.905 bits per heavy atom. The first-order valence-corrected chi connectivity index (χ1v) is 7.59. The second-order valence-electron chi connectivity index (χ2n) is 5.84. The topological polar surface area (TPSA) is 3.88 Å². The zero-order valence-electron chi connectivity index (χ0n) is 13.3. The molecule has 0 N–H and O–H groups in total. The molecule has 0 saturated heterocycles. The van der Waals surface area contributed by atoms with Crippen LogP contribution in [0.5, 0.6) is 0 Å². The maximum Gasteiger partial charge on any atom is 0.213 e. The van der Waals surface area contributed by atoms with Crippen molar-refractivity contribution in [2.24, 2.45) is 7.05 Å². The van der Waals surface area contributed by atoms with Crippen LogP contribution < -0.4 is 4.57 Å². The third kappa shape index (κ3) is 2.44. The first-order chi connectivity index (χ1) is 10.1. The van der Waals surface area contributed by atoms with E-state index < -0.39 is 0 Å². The number of nitrogens with zero attached hydrogens (tertiary/aromatic N) is 1. The van der Waals surface area contributed by atoms with Gasteiger partial charge in [-0.05, 0) is 49.6 Å². The number of aromatic nitrogens is 1. The highest BCUT2D eigenvalue weighted by atomic mass is 14.9. The lowest BCUT2D eigenvalue weighted by Gasteiger charge is -2.08. The van der Waals surface area contributed by atoms with Gasteiger partial charge in [-0.25, -0.2) is 0 Å². The second kappa shape index (κ2) is 5.33. The molecule has 1 nitrogen and oxygen atoms in total. The van der Waals surface area contributed by atoms with E-state index in [2.05, 4.69) is 80.9 Å². The molecule has 0 amide bonds. The number of pyridine rings is 1. The molecule has 1 heterocycles. The van der Waals surface area contributed by atoms with Gasteiger partial charge < -0.3 is 0 Å². The van der Waals surface area contributed by atoms with Crippen molar-refractivity contribution in [3.63, 3.8) is 0 Å². The Kier molecular flexibility index (Phi) is 3.50. The van der Waals surface area contributed by atoms with E-state index in [0.717, 1.165) is 6.42 Å². The minimum absolute atomic E-state index is 1.08. The van der Waals surface area contributed by atoms with Crippen molar-refractivity contribution in [2.75, 3.05) is 0 Å². The second-order valence-corrected chi connectivity index (χ2v) is 5.84. The first kappa shape index (κ1) is 13.8. The molecule has 3 aromatic rings. The smallest absolute Gasteiger partial charge is 0.194 e. The van der Waals surface area contributed by atoms with Crippen molar-refractivity contribution in [1.82, 2.24) is 0 Å². The van der Waals surface area contributed by atoms with Gasteiger partial charge in [-0.3, -0.25) is 0 Å². The van der Waals surface area contributed by atoms with Crippen molar-refractivity contribution < 1.29 is 4.57 Å². The first-order valence-electron chi connectivity index (χ1n) is 7.59. The minimum atomic E-state index is 1.08. The van der Waals surface area contributed by atoms with Crippen LogP contribution in [0.3, 0.4) is 0 Å². The third-order valence-corrected chi connectivity index (χ3v) is 4.30. The van der Waals surface area contributed by atoms with Gasteiger partial charge >= 0.3 is 0 Å². The summed E-state index contributed by atoms with van der Waals surface area (Å²) < 4.78 is 2.30. The maximum absolute atomic E-state index is 2.30. The molecule has 2 aromatic carbocycles. The average Bonchev–Trinajstić information content (AvgIpc) is 2.48. The van der Waals surface area contributed by atoms with Crippen LogP contribution in [0.4, 0.5) is 0 Å². The molecule has 0 atom stereocenters. The fourth-order valence-corrected chi connectivity index (χ4v) is 3.04.